The fourth-order valence-corrected chi connectivity index (χ4v) is 3.82. The number of sulfonamides is 1. The molecule has 0 amide bonds. The summed E-state index contributed by atoms with van der Waals surface area (Å²) in [6.45, 7) is 2.22. The summed E-state index contributed by atoms with van der Waals surface area (Å²) in [5.41, 5.74) is 0.0892. The fraction of sp³-hybridized carbons (Fsp3) is 0.571. The molecule has 2 aliphatic rings. The van der Waals surface area contributed by atoms with Gasteiger partial charge in [-0.15, -0.1) is 0 Å². The first-order chi connectivity index (χ1) is 9.79. The lowest BCUT2D eigenvalue weighted by Gasteiger charge is -2.14. The Balaban J connectivity index is 1.86. The third-order valence-corrected chi connectivity index (χ3v) is 5.97. The molecule has 7 heteroatoms. The molecule has 0 spiro atoms. The van der Waals surface area contributed by atoms with Gasteiger partial charge >= 0.3 is 0 Å². The molecule has 0 bridgehead atoms. The van der Waals surface area contributed by atoms with Gasteiger partial charge in [0.15, 0.2) is 0 Å². The molecular weight excluding hydrogens is 315 g/mol. The number of benzene rings is 1. The minimum atomic E-state index is -3.72. The van der Waals surface area contributed by atoms with E-state index >= 15 is 0 Å². The molecule has 2 fully saturated rings. The van der Waals surface area contributed by atoms with Gasteiger partial charge in [0.25, 0.3) is 0 Å². The van der Waals surface area contributed by atoms with Gasteiger partial charge in [-0.05, 0) is 50.3 Å². The number of hydrogen-bond donors (Lipinski definition) is 2. The van der Waals surface area contributed by atoms with Crippen molar-refractivity contribution in [2.45, 2.75) is 55.6 Å². The molecule has 2 aliphatic carbocycles. The summed E-state index contributed by atoms with van der Waals surface area (Å²) in [5, 5.41) is 3.20. The largest absolute Gasteiger partial charge is 0.310 e. The standard InChI is InChI=1S/C14H18ClFN2O2S/c1-14(4-5-14)18-21(19,20)11-6-9(8-17-10-2-3-10)13(15)12(16)7-11/h6-7,10,17-18H,2-5,8H2,1H3. The Labute approximate surface area is 129 Å². The summed E-state index contributed by atoms with van der Waals surface area (Å²) in [6, 6.07) is 2.87. The molecule has 0 saturated heterocycles. The Morgan fingerprint density at radius 1 is 1.38 bits per heavy atom. The van der Waals surface area contributed by atoms with Crippen molar-refractivity contribution in [3.05, 3.63) is 28.5 Å². The molecule has 4 nitrogen and oxygen atoms in total. The summed E-state index contributed by atoms with van der Waals surface area (Å²) in [5.74, 6) is -0.701. The van der Waals surface area contributed by atoms with Crippen molar-refractivity contribution in [2.24, 2.45) is 0 Å². The van der Waals surface area contributed by atoms with Gasteiger partial charge in [0.1, 0.15) is 5.82 Å². The molecule has 0 radical (unpaired) electrons. The van der Waals surface area contributed by atoms with Crippen LogP contribution >= 0.6 is 11.6 Å². The topological polar surface area (TPSA) is 58.2 Å². The third kappa shape index (κ3) is 3.56. The maximum absolute atomic E-state index is 13.9. The zero-order valence-corrected chi connectivity index (χ0v) is 13.3. The average Bonchev–Trinajstić information content (AvgIpc) is 3.29. The van der Waals surface area contributed by atoms with Crippen LogP contribution in [0.25, 0.3) is 0 Å². The number of nitrogens with one attached hydrogen (secondary N) is 2. The first-order valence-corrected chi connectivity index (χ1v) is 8.90. The smallest absolute Gasteiger partial charge is 0.241 e. The summed E-state index contributed by atoms with van der Waals surface area (Å²) in [6.07, 6.45) is 3.80. The van der Waals surface area contributed by atoms with E-state index in [0.717, 1.165) is 31.7 Å². The van der Waals surface area contributed by atoms with Crippen molar-refractivity contribution in [2.75, 3.05) is 0 Å². The van der Waals surface area contributed by atoms with Gasteiger partial charge in [-0.2, -0.15) is 0 Å². The zero-order chi connectivity index (χ0) is 15.3. The molecule has 3 rings (SSSR count). The van der Waals surface area contributed by atoms with E-state index < -0.39 is 15.8 Å². The van der Waals surface area contributed by atoms with E-state index in [1.165, 1.54) is 6.07 Å². The fourth-order valence-electron chi connectivity index (χ4n) is 2.12. The summed E-state index contributed by atoms with van der Waals surface area (Å²) in [4.78, 5) is -0.0647. The normalized spacial score (nSPS) is 20.5. The van der Waals surface area contributed by atoms with E-state index in [-0.39, 0.29) is 15.5 Å². The van der Waals surface area contributed by atoms with Crippen molar-refractivity contribution in [3.8, 4) is 0 Å². The van der Waals surface area contributed by atoms with E-state index in [2.05, 4.69) is 10.0 Å². The summed E-state index contributed by atoms with van der Waals surface area (Å²) in [7, 11) is -3.72. The van der Waals surface area contributed by atoms with Crippen LogP contribution in [0.1, 0.15) is 38.2 Å². The highest BCUT2D eigenvalue weighted by Gasteiger charge is 2.41. The van der Waals surface area contributed by atoms with Crippen LogP contribution < -0.4 is 10.0 Å². The molecule has 21 heavy (non-hydrogen) atoms. The lowest BCUT2D eigenvalue weighted by molar-refractivity contribution is 0.554. The van der Waals surface area contributed by atoms with Crippen molar-refractivity contribution >= 4 is 21.6 Å². The second kappa shape index (κ2) is 5.19. The molecule has 1 aromatic rings. The first-order valence-electron chi connectivity index (χ1n) is 7.04. The lowest BCUT2D eigenvalue weighted by Crippen LogP contribution is -2.34. The minimum absolute atomic E-state index is 0.0141. The second-order valence-corrected chi connectivity index (χ2v) is 8.26. The molecule has 2 saturated carbocycles. The van der Waals surface area contributed by atoms with Crippen molar-refractivity contribution < 1.29 is 12.8 Å². The Hall–Kier alpha value is -0.690. The molecule has 116 valence electrons. The number of halogens is 2. The van der Waals surface area contributed by atoms with Crippen LogP contribution in [0.15, 0.2) is 17.0 Å². The summed E-state index contributed by atoms with van der Waals surface area (Å²) < 4.78 is 41.1. The number of hydrogen-bond acceptors (Lipinski definition) is 3. The maximum Gasteiger partial charge on any atom is 0.241 e. The SMILES string of the molecule is CC1(NS(=O)(=O)c2cc(F)c(Cl)c(CNC3CC3)c2)CC1. The van der Waals surface area contributed by atoms with Crippen LogP contribution in [0.3, 0.4) is 0 Å². The van der Waals surface area contributed by atoms with Crippen molar-refractivity contribution in [1.82, 2.24) is 10.0 Å². The van der Waals surface area contributed by atoms with Crippen LogP contribution in [0, 0.1) is 5.82 Å². The van der Waals surface area contributed by atoms with E-state index in [0.29, 0.717) is 18.2 Å². The predicted molar refractivity (Wildman–Crippen MR) is 79.2 cm³/mol. The molecule has 0 aliphatic heterocycles. The highest BCUT2D eigenvalue weighted by molar-refractivity contribution is 7.89. The Morgan fingerprint density at radius 2 is 2.05 bits per heavy atom. The van der Waals surface area contributed by atoms with Crippen LogP contribution in [0.2, 0.25) is 5.02 Å². The number of rotatable bonds is 6. The van der Waals surface area contributed by atoms with Gasteiger partial charge in [-0.1, -0.05) is 11.6 Å². The molecular formula is C14H18ClFN2O2S. The monoisotopic (exact) mass is 332 g/mol. The maximum atomic E-state index is 13.9. The average molecular weight is 333 g/mol. The van der Waals surface area contributed by atoms with Gasteiger partial charge in [-0.3, -0.25) is 0 Å². The van der Waals surface area contributed by atoms with Crippen LogP contribution in [-0.2, 0) is 16.6 Å². The molecule has 0 heterocycles. The zero-order valence-electron chi connectivity index (χ0n) is 11.7. The van der Waals surface area contributed by atoms with E-state index in [9.17, 15) is 12.8 Å². The lowest BCUT2D eigenvalue weighted by atomic mass is 10.2. The Kier molecular flexibility index (Phi) is 3.76. The van der Waals surface area contributed by atoms with E-state index in [1.807, 2.05) is 6.92 Å². The van der Waals surface area contributed by atoms with Crippen molar-refractivity contribution in [3.63, 3.8) is 0 Å². The van der Waals surface area contributed by atoms with E-state index in [4.69, 9.17) is 11.6 Å². The first kappa shape index (κ1) is 15.2. The summed E-state index contributed by atoms with van der Waals surface area (Å²) >= 11 is 5.93. The minimum Gasteiger partial charge on any atom is -0.310 e. The van der Waals surface area contributed by atoms with Gasteiger partial charge in [0.05, 0.1) is 9.92 Å². The van der Waals surface area contributed by atoms with Crippen LogP contribution in [0.5, 0.6) is 0 Å². The Bertz CT molecular complexity index is 670. The second-order valence-electron chi connectivity index (χ2n) is 6.20. The van der Waals surface area contributed by atoms with Gasteiger partial charge in [0, 0.05) is 18.1 Å². The molecule has 2 N–H and O–H groups in total. The van der Waals surface area contributed by atoms with Crippen LogP contribution in [0.4, 0.5) is 4.39 Å². The highest BCUT2D eigenvalue weighted by atomic mass is 35.5. The Morgan fingerprint density at radius 3 is 2.62 bits per heavy atom. The van der Waals surface area contributed by atoms with Crippen LogP contribution in [-0.4, -0.2) is 20.0 Å². The van der Waals surface area contributed by atoms with Crippen molar-refractivity contribution in [1.29, 1.82) is 0 Å². The third-order valence-electron chi connectivity index (χ3n) is 3.93. The molecule has 0 atom stereocenters. The quantitative estimate of drug-likeness (QED) is 0.841. The highest BCUT2D eigenvalue weighted by Crippen LogP contribution is 2.36. The molecule has 1 aromatic carbocycles. The molecule has 0 aromatic heterocycles. The van der Waals surface area contributed by atoms with Gasteiger partial charge in [-0.25, -0.2) is 17.5 Å². The van der Waals surface area contributed by atoms with E-state index in [1.54, 1.807) is 0 Å². The van der Waals surface area contributed by atoms with Gasteiger partial charge in [0.2, 0.25) is 10.0 Å². The predicted octanol–water partition coefficient (Wildman–Crippen LogP) is 2.56. The van der Waals surface area contributed by atoms with Gasteiger partial charge < -0.3 is 5.32 Å². The molecule has 0 unspecified atom stereocenters.